The fourth-order valence-corrected chi connectivity index (χ4v) is 2.64. The Hall–Kier alpha value is -1.00. The van der Waals surface area contributed by atoms with Crippen LogP contribution in [0.3, 0.4) is 0 Å². The SMILES string of the molecule is CCNCCc1c(C)nc(C(OCC)C2CC2)nc1C. The second kappa shape index (κ2) is 7.14. The van der Waals surface area contributed by atoms with Crippen LogP contribution < -0.4 is 5.32 Å². The lowest BCUT2D eigenvalue weighted by Crippen LogP contribution is -2.19. The Balaban J connectivity index is 2.15. The molecule has 1 aromatic rings. The third-order valence-corrected chi connectivity index (χ3v) is 3.89. The van der Waals surface area contributed by atoms with Crippen molar-refractivity contribution < 1.29 is 4.74 Å². The van der Waals surface area contributed by atoms with Gasteiger partial charge in [-0.15, -0.1) is 0 Å². The lowest BCUT2D eigenvalue weighted by Gasteiger charge is -2.18. The normalized spacial score (nSPS) is 16.4. The third kappa shape index (κ3) is 3.76. The number of nitrogens with one attached hydrogen (secondary N) is 1. The topological polar surface area (TPSA) is 47.0 Å². The Morgan fingerprint density at radius 2 is 1.85 bits per heavy atom. The highest BCUT2D eigenvalue weighted by Gasteiger charge is 2.35. The van der Waals surface area contributed by atoms with Crippen LogP contribution in [0.15, 0.2) is 0 Å². The summed E-state index contributed by atoms with van der Waals surface area (Å²) < 4.78 is 5.86. The number of ether oxygens (including phenoxy) is 1. The summed E-state index contributed by atoms with van der Waals surface area (Å²) in [6.45, 7) is 11.1. The van der Waals surface area contributed by atoms with E-state index < -0.39 is 0 Å². The minimum absolute atomic E-state index is 0.0974. The van der Waals surface area contributed by atoms with Crippen molar-refractivity contribution in [2.24, 2.45) is 5.92 Å². The zero-order valence-electron chi connectivity index (χ0n) is 13.2. The van der Waals surface area contributed by atoms with Crippen LogP contribution in [0.25, 0.3) is 0 Å². The Bertz CT molecular complexity index is 420. The Morgan fingerprint density at radius 3 is 2.35 bits per heavy atom. The molecule has 1 aliphatic carbocycles. The van der Waals surface area contributed by atoms with E-state index in [-0.39, 0.29) is 6.10 Å². The van der Waals surface area contributed by atoms with Crippen molar-refractivity contribution in [2.75, 3.05) is 19.7 Å². The standard InChI is InChI=1S/C16H27N3O/c1-5-17-10-9-14-11(3)18-16(19-12(14)4)15(20-6-2)13-7-8-13/h13,15,17H,5-10H2,1-4H3. The lowest BCUT2D eigenvalue weighted by molar-refractivity contribution is 0.0397. The van der Waals surface area contributed by atoms with Crippen LogP contribution in [0.1, 0.15) is 55.6 Å². The molecule has 1 heterocycles. The maximum atomic E-state index is 5.86. The molecule has 0 aromatic carbocycles. The maximum absolute atomic E-state index is 5.86. The summed E-state index contributed by atoms with van der Waals surface area (Å²) in [4.78, 5) is 9.46. The molecule has 1 atom stereocenters. The highest BCUT2D eigenvalue weighted by Crippen LogP contribution is 2.42. The summed E-state index contributed by atoms with van der Waals surface area (Å²) in [7, 11) is 0. The predicted molar refractivity (Wildman–Crippen MR) is 80.8 cm³/mol. The summed E-state index contributed by atoms with van der Waals surface area (Å²) in [5.41, 5.74) is 3.49. The van der Waals surface area contributed by atoms with Crippen molar-refractivity contribution in [1.29, 1.82) is 0 Å². The van der Waals surface area contributed by atoms with Gasteiger partial charge in [-0.25, -0.2) is 9.97 Å². The molecule has 1 aliphatic rings. The van der Waals surface area contributed by atoms with Crippen molar-refractivity contribution in [3.8, 4) is 0 Å². The predicted octanol–water partition coefficient (Wildman–Crippen LogP) is 2.73. The first kappa shape index (κ1) is 15.4. The van der Waals surface area contributed by atoms with E-state index in [1.807, 2.05) is 6.92 Å². The molecule has 0 amide bonds. The van der Waals surface area contributed by atoms with E-state index in [0.29, 0.717) is 5.92 Å². The van der Waals surface area contributed by atoms with Crippen LogP contribution in [0.5, 0.6) is 0 Å². The molecule has 20 heavy (non-hydrogen) atoms. The average molecular weight is 277 g/mol. The molecule has 2 rings (SSSR count). The van der Waals surface area contributed by atoms with Gasteiger partial charge in [-0.05, 0) is 64.6 Å². The van der Waals surface area contributed by atoms with Crippen molar-refractivity contribution in [3.63, 3.8) is 0 Å². The first-order chi connectivity index (χ1) is 9.67. The summed E-state index contributed by atoms with van der Waals surface area (Å²) in [6, 6.07) is 0. The number of aryl methyl sites for hydroxylation is 2. The number of rotatable bonds is 8. The molecule has 0 bridgehead atoms. The average Bonchev–Trinajstić information content (AvgIpc) is 3.23. The van der Waals surface area contributed by atoms with E-state index in [1.54, 1.807) is 0 Å². The second-order valence-corrected chi connectivity index (χ2v) is 5.55. The monoisotopic (exact) mass is 277 g/mol. The zero-order valence-corrected chi connectivity index (χ0v) is 13.2. The molecule has 4 nitrogen and oxygen atoms in total. The van der Waals surface area contributed by atoms with Crippen LogP contribution in [-0.2, 0) is 11.2 Å². The van der Waals surface area contributed by atoms with Crippen LogP contribution in [-0.4, -0.2) is 29.7 Å². The van der Waals surface area contributed by atoms with Crippen molar-refractivity contribution in [2.45, 2.75) is 53.1 Å². The largest absolute Gasteiger partial charge is 0.370 e. The van der Waals surface area contributed by atoms with E-state index >= 15 is 0 Å². The molecule has 4 heteroatoms. The van der Waals surface area contributed by atoms with Crippen molar-refractivity contribution in [1.82, 2.24) is 15.3 Å². The number of nitrogens with zero attached hydrogens (tertiary/aromatic N) is 2. The summed E-state index contributed by atoms with van der Waals surface area (Å²) in [5.74, 6) is 1.51. The van der Waals surface area contributed by atoms with Crippen LogP contribution in [0, 0.1) is 19.8 Å². The second-order valence-electron chi connectivity index (χ2n) is 5.55. The van der Waals surface area contributed by atoms with Crippen LogP contribution >= 0.6 is 0 Å². The molecule has 1 fully saturated rings. The first-order valence-corrected chi connectivity index (χ1v) is 7.83. The fourth-order valence-electron chi connectivity index (χ4n) is 2.64. The molecule has 0 spiro atoms. The number of aromatic nitrogens is 2. The van der Waals surface area contributed by atoms with E-state index in [0.717, 1.165) is 43.3 Å². The third-order valence-electron chi connectivity index (χ3n) is 3.89. The van der Waals surface area contributed by atoms with Gasteiger partial charge in [-0.3, -0.25) is 0 Å². The molecule has 0 aliphatic heterocycles. The molecular formula is C16H27N3O. The highest BCUT2D eigenvalue weighted by molar-refractivity contribution is 5.25. The Labute approximate surface area is 122 Å². The van der Waals surface area contributed by atoms with Crippen molar-refractivity contribution >= 4 is 0 Å². The highest BCUT2D eigenvalue weighted by atomic mass is 16.5. The number of hydrogen-bond donors (Lipinski definition) is 1. The van der Waals surface area contributed by atoms with Crippen LogP contribution in [0.2, 0.25) is 0 Å². The van der Waals surface area contributed by atoms with E-state index in [2.05, 4.69) is 26.1 Å². The van der Waals surface area contributed by atoms with Gasteiger partial charge in [0, 0.05) is 18.0 Å². The minimum Gasteiger partial charge on any atom is -0.370 e. The molecule has 1 unspecified atom stereocenters. The molecule has 112 valence electrons. The molecule has 1 saturated carbocycles. The van der Waals surface area contributed by atoms with Gasteiger partial charge in [0.2, 0.25) is 0 Å². The minimum atomic E-state index is 0.0974. The van der Waals surface area contributed by atoms with Gasteiger partial charge in [-0.2, -0.15) is 0 Å². The van der Waals surface area contributed by atoms with Gasteiger partial charge < -0.3 is 10.1 Å². The van der Waals surface area contributed by atoms with Crippen LogP contribution in [0.4, 0.5) is 0 Å². The summed E-state index contributed by atoms with van der Waals surface area (Å²) >= 11 is 0. The molecule has 0 radical (unpaired) electrons. The Morgan fingerprint density at radius 1 is 1.20 bits per heavy atom. The first-order valence-electron chi connectivity index (χ1n) is 7.83. The van der Waals surface area contributed by atoms with Crippen molar-refractivity contribution in [3.05, 3.63) is 22.8 Å². The van der Waals surface area contributed by atoms with Gasteiger partial charge in [0.05, 0.1) is 0 Å². The van der Waals surface area contributed by atoms with Gasteiger partial charge in [0.1, 0.15) is 6.10 Å². The molecular weight excluding hydrogens is 250 g/mol. The van der Waals surface area contributed by atoms with E-state index in [4.69, 9.17) is 14.7 Å². The molecule has 1 N–H and O–H groups in total. The van der Waals surface area contributed by atoms with Gasteiger partial charge in [0.15, 0.2) is 5.82 Å². The fraction of sp³-hybridized carbons (Fsp3) is 0.750. The lowest BCUT2D eigenvalue weighted by atomic mass is 10.1. The van der Waals surface area contributed by atoms with Gasteiger partial charge >= 0.3 is 0 Å². The summed E-state index contributed by atoms with van der Waals surface area (Å²) in [5, 5.41) is 3.36. The number of hydrogen-bond acceptors (Lipinski definition) is 4. The van der Waals surface area contributed by atoms with E-state index in [9.17, 15) is 0 Å². The van der Waals surface area contributed by atoms with E-state index in [1.165, 1.54) is 18.4 Å². The quantitative estimate of drug-likeness (QED) is 0.742. The zero-order chi connectivity index (χ0) is 14.5. The maximum Gasteiger partial charge on any atom is 0.157 e. The van der Waals surface area contributed by atoms with Gasteiger partial charge in [-0.1, -0.05) is 6.92 Å². The smallest absolute Gasteiger partial charge is 0.157 e. The molecule has 1 aromatic heterocycles. The number of likely N-dealkylation sites (N-methyl/N-ethyl adjacent to an activating group) is 1. The Kier molecular flexibility index (Phi) is 5.49. The molecule has 0 saturated heterocycles. The van der Waals surface area contributed by atoms with Gasteiger partial charge in [0.25, 0.3) is 0 Å². The summed E-state index contributed by atoms with van der Waals surface area (Å²) in [6.07, 6.45) is 3.58.